The van der Waals surface area contributed by atoms with Gasteiger partial charge in [-0.25, -0.2) is 0 Å². The third-order valence-electron chi connectivity index (χ3n) is 9.02. The molecule has 1 spiro atoms. The molecule has 0 bridgehead atoms. The van der Waals surface area contributed by atoms with E-state index in [-0.39, 0.29) is 23.7 Å². The maximum atomic E-state index is 6.47. The molecule has 3 atom stereocenters. The summed E-state index contributed by atoms with van der Waals surface area (Å²) in [5.41, 5.74) is 8.49. The summed E-state index contributed by atoms with van der Waals surface area (Å²) in [6.45, 7) is 8.48. The lowest BCUT2D eigenvalue weighted by molar-refractivity contribution is 0.00578. The molecule has 3 aromatic carbocycles. The molecule has 0 saturated carbocycles. The SMILES string of the molecule is CC1(C)OB(c2ccc3c(c2)C2(c4ccccc4-3)c3ccccc3C3C=CC=CC32)OC1(C)C. The van der Waals surface area contributed by atoms with Gasteiger partial charge in [-0.05, 0) is 66.5 Å². The van der Waals surface area contributed by atoms with Gasteiger partial charge in [0.15, 0.2) is 0 Å². The van der Waals surface area contributed by atoms with Crippen LogP contribution in [0.5, 0.6) is 0 Å². The van der Waals surface area contributed by atoms with Crippen LogP contribution in [0.1, 0.15) is 55.9 Å². The standard InChI is InChI=1S/C31H29BO2/c1-29(2)30(3,4)34-32(33-29)20-17-18-24-23-13-7-10-16-27(23)31(28(24)19-20)25-14-8-5-11-21(25)22-12-6-9-15-26(22)31/h5-19,21,25H,1-4H3. The van der Waals surface area contributed by atoms with Gasteiger partial charge in [0.05, 0.1) is 16.6 Å². The molecule has 3 heteroatoms. The predicted molar refractivity (Wildman–Crippen MR) is 138 cm³/mol. The van der Waals surface area contributed by atoms with Crippen molar-refractivity contribution in [2.24, 2.45) is 5.92 Å². The van der Waals surface area contributed by atoms with Crippen LogP contribution >= 0.6 is 0 Å². The lowest BCUT2D eigenvalue weighted by atomic mass is 9.64. The smallest absolute Gasteiger partial charge is 0.399 e. The first-order valence-corrected chi connectivity index (χ1v) is 12.4. The van der Waals surface area contributed by atoms with Crippen LogP contribution in [-0.2, 0) is 14.7 Å². The number of allylic oxidation sites excluding steroid dienone is 4. The largest absolute Gasteiger partial charge is 0.494 e. The van der Waals surface area contributed by atoms with Crippen LogP contribution in [0.3, 0.4) is 0 Å². The van der Waals surface area contributed by atoms with Gasteiger partial charge in [0.2, 0.25) is 0 Å². The van der Waals surface area contributed by atoms with Gasteiger partial charge in [0.25, 0.3) is 0 Å². The van der Waals surface area contributed by atoms with Gasteiger partial charge in [-0.2, -0.15) is 0 Å². The zero-order valence-electron chi connectivity index (χ0n) is 20.2. The molecule has 0 amide bonds. The van der Waals surface area contributed by atoms with E-state index in [1.54, 1.807) is 0 Å². The summed E-state index contributed by atoms with van der Waals surface area (Å²) in [5, 5.41) is 0. The molecule has 0 N–H and O–H groups in total. The van der Waals surface area contributed by atoms with Crippen LogP contribution in [-0.4, -0.2) is 18.3 Å². The molecule has 3 unspecified atom stereocenters. The Morgan fingerprint density at radius 1 is 0.676 bits per heavy atom. The molecule has 1 heterocycles. The van der Waals surface area contributed by atoms with Gasteiger partial charge in [0.1, 0.15) is 0 Å². The Hall–Kier alpha value is -2.88. The molecule has 3 aromatic rings. The summed E-state index contributed by atoms with van der Waals surface area (Å²) in [6, 6.07) is 24.9. The topological polar surface area (TPSA) is 18.5 Å². The highest BCUT2D eigenvalue weighted by atomic mass is 16.7. The number of hydrogen-bond donors (Lipinski definition) is 0. The lowest BCUT2D eigenvalue weighted by Crippen LogP contribution is -2.41. The summed E-state index contributed by atoms with van der Waals surface area (Å²) in [7, 11) is -0.370. The molecule has 34 heavy (non-hydrogen) atoms. The molecule has 1 saturated heterocycles. The summed E-state index contributed by atoms with van der Waals surface area (Å²) in [4.78, 5) is 0. The second-order valence-corrected chi connectivity index (χ2v) is 11.2. The number of benzene rings is 3. The number of rotatable bonds is 1. The summed E-state index contributed by atoms with van der Waals surface area (Å²) in [5.74, 6) is 0.714. The van der Waals surface area contributed by atoms with Gasteiger partial charge in [-0.1, -0.05) is 91.0 Å². The van der Waals surface area contributed by atoms with Crippen molar-refractivity contribution < 1.29 is 9.31 Å². The average molecular weight is 444 g/mol. The van der Waals surface area contributed by atoms with Crippen LogP contribution in [0.4, 0.5) is 0 Å². The molecule has 0 aromatic heterocycles. The Kier molecular flexibility index (Phi) is 3.99. The van der Waals surface area contributed by atoms with Crippen molar-refractivity contribution in [3.8, 4) is 11.1 Å². The van der Waals surface area contributed by atoms with Crippen molar-refractivity contribution in [3.63, 3.8) is 0 Å². The van der Waals surface area contributed by atoms with Crippen molar-refractivity contribution in [1.29, 1.82) is 0 Å². The molecule has 2 nitrogen and oxygen atoms in total. The monoisotopic (exact) mass is 444 g/mol. The zero-order valence-corrected chi connectivity index (χ0v) is 20.2. The van der Waals surface area contributed by atoms with Gasteiger partial charge >= 0.3 is 7.12 Å². The average Bonchev–Trinajstić information content (AvgIpc) is 3.39. The van der Waals surface area contributed by atoms with Crippen molar-refractivity contribution in [3.05, 3.63) is 113 Å². The second-order valence-electron chi connectivity index (χ2n) is 11.2. The van der Waals surface area contributed by atoms with Gasteiger partial charge in [-0.3, -0.25) is 0 Å². The zero-order chi connectivity index (χ0) is 23.3. The normalized spacial score (nSPS) is 28.6. The molecule has 168 valence electrons. The second kappa shape index (κ2) is 6.62. The lowest BCUT2D eigenvalue weighted by Gasteiger charge is -2.36. The van der Waals surface area contributed by atoms with Crippen LogP contribution < -0.4 is 5.46 Å². The Morgan fingerprint density at radius 2 is 1.32 bits per heavy atom. The first kappa shape index (κ1) is 20.5. The Labute approximate surface area is 202 Å². The van der Waals surface area contributed by atoms with Crippen LogP contribution in [0.25, 0.3) is 11.1 Å². The molecule has 7 rings (SSSR count). The van der Waals surface area contributed by atoms with E-state index in [2.05, 4.69) is 119 Å². The quantitative estimate of drug-likeness (QED) is 0.420. The Balaban J connectivity index is 1.49. The molecular weight excluding hydrogens is 415 g/mol. The Morgan fingerprint density at radius 3 is 2.12 bits per heavy atom. The number of fused-ring (bicyclic) bond motifs is 10. The summed E-state index contributed by atoms with van der Waals surface area (Å²) in [6.07, 6.45) is 9.25. The van der Waals surface area contributed by atoms with Crippen molar-refractivity contribution in [2.75, 3.05) is 0 Å². The van der Waals surface area contributed by atoms with Crippen molar-refractivity contribution >= 4 is 12.6 Å². The minimum atomic E-state index is -0.370. The molecule has 4 aliphatic rings. The maximum Gasteiger partial charge on any atom is 0.494 e. The van der Waals surface area contributed by atoms with E-state index in [0.29, 0.717) is 11.8 Å². The third-order valence-corrected chi connectivity index (χ3v) is 9.02. The van der Waals surface area contributed by atoms with Crippen molar-refractivity contribution in [1.82, 2.24) is 0 Å². The van der Waals surface area contributed by atoms with E-state index < -0.39 is 0 Å². The minimum absolute atomic E-state index is 0.214. The molecule has 0 radical (unpaired) electrons. The van der Waals surface area contributed by atoms with E-state index in [1.807, 2.05) is 0 Å². The summed E-state index contributed by atoms with van der Waals surface area (Å²) >= 11 is 0. The van der Waals surface area contributed by atoms with E-state index in [9.17, 15) is 0 Å². The molecule has 1 fully saturated rings. The highest BCUT2D eigenvalue weighted by Crippen LogP contribution is 2.64. The van der Waals surface area contributed by atoms with Gasteiger partial charge in [-0.15, -0.1) is 0 Å². The minimum Gasteiger partial charge on any atom is -0.399 e. The first-order chi connectivity index (χ1) is 16.3. The fourth-order valence-corrected chi connectivity index (χ4v) is 6.75. The van der Waals surface area contributed by atoms with Gasteiger partial charge in [0, 0.05) is 11.8 Å². The molecule has 1 aliphatic heterocycles. The predicted octanol–water partition coefficient (Wildman–Crippen LogP) is 6.14. The van der Waals surface area contributed by atoms with Crippen molar-refractivity contribution in [2.45, 2.75) is 50.2 Å². The van der Waals surface area contributed by atoms with Crippen LogP contribution in [0, 0.1) is 5.92 Å². The maximum absolute atomic E-state index is 6.47. The van der Waals surface area contributed by atoms with E-state index in [0.717, 1.165) is 5.46 Å². The highest BCUT2D eigenvalue weighted by molar-refractivity contribution is 6.62. The molecule has 3 aliphatic carbocycles. The molecular formula is C31H29BO2. The fourth-order valence-electron chi connectivity index (χ4n) is 6.75. The third kappa shape index (κ3) is 2.39. The first-order valence-electron chi connectivity index (χ1n) is 12.4. The fraction of sp³-hybridized carbons (Fsp3) is 0.290. The Bertz CT molecular complexity index is 1380. The van der Waals surface area contributed by atoms with Gasteiger partial charge < -0.3 is 9.31 Å². The van der Waals surface area contributed by atoms with E-state index in [4.69, 9.17) is 9.31 Å². The van der Waals surface area contributed by atoms with Crippen LogP contribution in [0.15, 0.2) is 91.0 Å². The number of hydrogen-bond acceptors (Lipinski definition) is 2. The highest BCUT2D eigenvalue weighted by Gasteiger charge is 2.58. The van der Waals surface area contributed by atoms with Crippen LogP contribution in [0.2, 0.25) is 0 Å². The summed E-state index contributed by atoms with van der Waals surface area (Å²) < 4.78 is 12.9. The van der Waals surface area contributed by atoms with E-state index >= 15 is 0 Å². The van der Waals surface area contributed by atoms with E-state index in [1.165, 1.54) is 33.4 Å².